The van der Waals surface area contributed by atoms with Gasteiger partial charge in [-0.25, -0.2) is 4.79 Å². The second-order valence-electron chi connectivity index (χ2n) is 7.32. The zero-order valence-corrected chi connectivity index (χ0v) is 16.2. The molecule has 4 rings (SSSR count). The van der Waals surface area contributed by atoms with E-state index in [0.29, 0.717) is 30.9 Å². The molecule has 0 bridgehead atoms. The van der Waals surface area contributed by atoms with E-state index < -0.39 is 5.97 Å². The first-order valence-electron chi connectivity index (χ1n) is 9.66. The zero-order chi connectivity index (χ0) is 20.4. The van der Waals surface area contributed by atoms with Gasteiger partial charge in [0.15, 0.2) is 0 Å². The molecular weight excluding hydrogens is 370 g/mol. The largest absolute Gasteiger partial charge is 0.478 e. The fourth-order valence-corrected chi connectivity index (χ4v) is 3.83. The number of aromatic nitrogens is 4. The van der Waals surface area contributed by atoms with Crippen molar-refractivity contribution in [2.75, 3.05) is 13.1 Å². The van der Waals surface area contributed by atoms with Gasteiger partial charge in [-0.3, -0.25) is 14.2 Å². The highest BCUT2D eigenvalue weighted by molar-refractivity contribution is 5.94. The SMILES string of the molecule is Cc1c(C(=O)O)cnn1C1CCN(C(=O)c2ccc(Cn3cccn3)cc2)CC1. The third-order valence-electron chi connectivity index (χ3n) is 5.48. The fourth-order valence-electron chi connectivity index (χ4n) is 3.83. The van der Waals surface area contributed by atoms with Crippen molar-refractivity contribution in [3.63, 3.8) is 0 Å². The van der Waals surface area contributed by atoms with Crippen molar-refractivity contribution >= 4 is 11.9 Å². The van der Waals surface area contributed by atoms with Gasteiger partial charge in [-0.1, -0.05) is 12.1 Å². The Balaban J connectivity index is 1.37. The lowest BCUT2D eigenvalue weighted by Crippen LogP contribution is -2.39. The van der Waals surface area contributed by atoms with Crippen LogP contribution >= 0.6 is 0 Å². The number of nitrogens with zero attached hydrogens (tertiary/aromatic N) is 5. The first kappa shape index (κ1) is 18.9. The summed E-state index contributed by atoms with van der Waals surface area (Å²) in [6.45, 7) is 3.70. The van der Waals surface area contributed by atoms with Crippen molar-refractivity contribution in [3.8, 4) is 0 Å². The quantitative estimate of drug-likeness (QED) is 0.719. The Morgan fingerprint density at radius 3 is 2.45 bits per heavy atom. The number of hydrogen-bond donors (Lipinski definition) is 1. The minimum absolute atomic E-state index is 0.0255. The summed E-state index contributed by atoms with van der Waals surface area (Å²) in [5.74, 6) is -0.935. The molecular formula is C21H23N5O3. The Hall–Kier alpha value is -3.42. The molecule has 150 valence electrons. The van der Waals surface area contributed by atoms with Crippen LogP contribution in [0.3, 0.4) is 0 Å². The lowest BCUT2D eigenvalue weighted by molar-refractivity contribution is 0.0688. The van der Waals surface area contributed by atoms with Gasteiger partial charge in [0.1, 0.15) is 5.56 Å². The van der Waals surface area contributed by atoms with Gasteiger partial charge in [0.2, 0.25) is 0 Å². The van der Waals surface area contributed by atoms with Crippen LogP contribution in [0.25, 0.3) is 0 Å². The predicted molar refractivity (Wildman–Crippen MR) is 106 cm³/mol. The van der Waals surface area contributed by atoms with Crippen molar-refractivity contribution in [2.45, 2.75) is 32.4 Å². The fraction of sp³-hybridized carbons (Fsp3) is 0.333. The Kier molecular flexibility index (Phi) is 5.16. The molecule has 29 heavy (non-hydrogen) atoms. The monoisotopic (exact) mass is 393 g/mol. The van der Waals surface area contributed by atoms with E-state index in [9.17, 15) is 14.7 Å². The summed E-state index contributed by atoms with van der Waals surface area (Å²) >= 11 is 0. The molecule has 0 atom stereocenters. The summed E-state index contributed by atoms with van der Waals surface area (Å²) in [4.78, 5) is 25.9. The van der Waals surface area contributed by atoms with Crippen LogP contribution in [0.2, 0.25) is 0 Å². The summed E-state index contributed by atoms with van der Waals surface area (Å²) in [5.41, 5.74) is 2.66. The van der Waals surface area contributed by atoms with Gasteiger partial charge in [-0.2, -0.15) is 10.2 Å². The molecule has 8 heteroatoms. The number of carboxylic acid groups (broad SMARTS) is 1. The maximum atomic E-state index is 12.8. The van der Waals surface area contributed by atoms with Crippen LogP contribution in [0, 0.1) is 6.92 Å². The Morgan fingerprint density at radius 2 is 1.86 bits per heavy atom. The first-order chi connectivity index (χ1) is 14.0. The molecule has 8 nitrogen and oxygen atoms in total. The lowest BCUT2D eigenvalue weighted by Gasteiger charge is -2.32. The molecule has 1 amide bonds. The molecule has 1 aromatic carbocycles. The molecule has 3 heterocycles. The number of likely N-dealkylation sites (tertiary alicyclic amines) is 1. The molecule has 1 fully saturated rings. The van der Waals surface area contributed by atoms with Crippen molar-refractivity contribution in [1.29, 1.82) is 0 Å². The maximum Gasteiger partial charge on any atom is 0.339 e. The van der Waals surface area contributed by atoms with Crippen LogP contribution in [0.1, 0.15) is 50.9 Å². The van der Waals surface area contributed by atoms with Gasteiger partial charge in [0, 0.05) is 31.0 Å². The number of aromatic carboxylic acids is 1. The van der Waals surface area contributed by atoms with Crippen LogP contribution in [0.4, 0.5) is 0 Å². The molecule has 3 aromatic rings. The van der Waals surface area contributed by atoms with Gasteiger partial charge in [-0.15, -0.1) is 0 Å². The smallest absolute Gasteiger partial charge is 0.339 e. The van der Waals surface area contributed by atoms with E-state index in [1.165, 1.54) is 6.20 Å². The minimum atomic E-state index is -0.961. The molecule has 1 N–H and O–H groups in total. The zero-order valence-electron chi connectivity index (χ0n) is 16.2. The molecule has 0 aliphatic carbocycles. The highest BCUT2D eigenvalue weighted by Crippen LogP contribution is 2.25. The summed E-state index contributed by atoms with van der Waals surface area (Å²) in [6, 6.07) is 9.65. The number of carbonyl (C=O) groups is 2. The van der Waals surface area contributed by atoms with E-state index in [1.54, 1.807) is 17.8 Å². The van der Waals surface area contributed by atoms with Gasteiger partial charge >= 0.3 is 5.97 Å². The van der Waals surface area contributed by atoms with E-state index >= 15 is 0 Å². The average Bonchev–Trinajstić information content (AvgIpc) is 3.38. The van der Waals surface area contributed by atoms with Crippen molar-refractivity contribution in [2.24, 2.45) is 0 Å². The molecule has 0 radical (unpaired) electrons. The normalized spacial score (nSPS) is 14.9. The Morgan fingerprint density at radius 1 is 1.14 bits per heavy atom. The number of hydrogen-bond acceptors (Lipinski definition) is 4. The van der Waals surface area contributed by atoms with Crippen LogP contribution in [0.15, 0.2) is 48.9 Å². The Labute approximate surface area is 168 Å². The molecule has 1 aliphatic heterocycles. The van der Waals surface area contributed by atoms with Crippen LogP contribution in [0.5, 0.6) is 0 Å². The molecule has 0 unspecified atom stereocenters. The third-order valence-corrected chi connectivity index (χ3v) is 5.48. The van der Waals surface area contributed by atoms with Gasteiger partial charge < -0.3 is 10.0 Å². The topological polar surface area (TPSA) is 93.3 Å². The number of carbonyl (C=O) groups excluding carboxylic acids is 1. The highest BCUT2D eigenvalue weighted by atomic mass is 16.4. The molecule has 0 spiro atoms. The van der Waals surface area contributed by atoms with E-state index in [0.717, 1.165) is 18.4 Å². The van der Waals surface area contributed by atoms with Crippen LogP contribution in [-0.4, -0.2) is 54.5 Å². The van der Waals surface area contributed by atoms with Gasteiger partial charge in [0.05, 0.1) is 24.5 Å². The maximum absolute atomic E-state index is 12.8. The number of piperidine rings is 1. The van der Waals surface area contributed by atoms with Crippen molar-refractivity contribution in [1.82, 2.24) is 24.5 Å². The van der Waals surface area contributed by atoms with Crippen molar-refractivity contribution < 1.29 is 14.7 Å². The van der Waals surface area contributed by atoms with E-state index in [2.05, 4.69) is 10.2 Å². The lowest BCUT2D eigenvalue weighted by atomic mass is 10.0. The van der Waals surface area contributed by atoms with E-state index in [1.807, 2.05) is 46.1 Å². The summed E-state index contributed by atoms with van der Waals surface area (Å²) in [5, 5.41) is 17.6. The minimum Gasteiger partial charge on any atom is -0.478 e. The Bertz CT molecular complexity index is 1000. The van der Waals surface area contributed by atoms with Crippen molar-refractivity contribution in [3.05, 3.63) is 71.3 Å². The third kappa shape index (κ3) is 3.91. The standard InChI is InChI=1S/C21H23N5O3/c1-15-19(21(28)29)13-23-26(15)18-7-11-24(12-8-18)20(27)17-5-3-16(4-6-17)14-25-10-2-9-22-25/h2-6,9-10,13,18H,7-8,11-12,14H2,1H3,(H,28,29). The number of rotatable bonds is 5. The second-order valence-corrected chi connectivity index (χ2v) is 7.32. The molecule has 0 saturated carbocycles. The van der Waals surface area contributed by atoms with Gasteiger partial charge in [0.25, 0.3) is 5.91 Å². The summed E-state index contributed by atoms with van der Waals surface area (Å²) in [6.07, 6.45) is 6.56. The number of amides is 1. The molecule has 2 aromatic heterocycles. The number of carboxylic acids is 1. The van der Waals surface area contributed by atoms with E-state index in [4.69, 9.17) is 0 Å². The van der Waals surface area contributed by atoms with Crippen LogP contribution in [-0.2, 0) is 6.54 Å². The first-order valence-corrected chi connectivity index (χ1v) is 9.66. The summed E-state index contributed by atoms with van der Waals surface area (Å²) < 4.78 is 3.63. The summed E-state index contributed by atoms with van der Waals surface area (Å²) in [7, 11) is 0. The predicted octanol–water partition coefficient (Wildman–Crippen LogP) is 2.61. The van der Waals surface area contributed by atoms with E-state index in [-0.39, 0.29) is 17.5 Å². The molecule has 1 saturated heterocycles. The average molecular weight is 393 g/mol. The second kappa shape index (κ2) is 7.90. The number of benzene rings is 1. The van der Waals surface area contributed by atoms with Gasteiger partial charge in [-0.05, 0) is 43.5 Å². The van der Waals surface area contributed by atoms with Crippen LogP contribution < -0.4 is 0 Å². The molecule has 1 aliphatic rings. The highest BCUT2D eigenvalue weighted by Gasteiger charge is 2.27.